The SMILES string of the molecule is c1ccc2c(c1)cc(-c1ccc(-c3cccc4c3oc3ccccc34)c3ccccc13)c1ccccc12.c1ccc2c(c1)cc(-c1ccc3ccc(-c4cccc5c4oc4ccccc45)cc3c1)c1ccccc12.c1ccc2c(c1)cc(-c1cccc3c(-c4cccc5c4oc4ccccc45)cccc13)c1ccccc12. The van der Waals surface area contributed by atoms with Crippen LogP contribution in [0, 0.1) is 0 Å². The van der Waals surface area contributed by atoms with E-state index in [1.807, 2.05) is 36.4 Å². The Morgan fingerprint density at radius 3 is 0.775 bits per heavy atom. The summed E-state index contributed by atoms with van der Waals surface area (Å²) in [5, 5.41) is 29.7. The molecule has 21 aromatic carbocycles. The highest BCUT2D eigenvalue weighted by molar-refractivity contribution is 6.22. The molecule has 0 aliphatic heterocycles. The van der Waals surface area contributed by atoms with Crippen molar-refractivity contribution in [3.05, 3.63) is 400 Å². The molecule has 0 atom stereocenters. The van der Waals surface area contributed by atoms with Gasteiger partial charge in [-0.1, -0.05) is 352 Å². The third-order valence-corrected chi connectivity index (χ3v) is 23.0. The van der Waals surface area contributed by atoms with Crippen molar-refractivity contribution in [3.8, 4) is 66.8 Å². The largest absolute Gasteiger partial charge is 0.455 e. The summed E-state index contributed by atoms with van der Waals surface area (Å²) in [6, 6.07) is 144. The Morgan fingerprint density at radius 1 is 0.117 bits per heavy atom. The first-order valence-electron chi connectivity index (χ1n) is 38.1. The Balaban J connectivity index is 0.000000102. The van der Waals surface area contributed by atoms with E-state index in [2.05, 4.69) is 364 Å². The van der Waals surface area contributed by atoms with E-state index in [-0.39, 0.29) is 0 Å². The van der Waals surface area contributed by atoms with E-state index < -0.39 is 0 Å². The van der Waals surface area contributed by atoms with E-state index in [0.29, 0.717) is 0 Å². The molecular formula is C108H66O3. The zero-order chi connectivity index (χ0) is 73.0. The van der Waals surface area contributed by atoms with Crippen molar-refractivity contribution in [2.75, 3.05) is 0 Å². The lowest BCUT2D eigenvalue weighted by molar-refractivity contribution is 0.669. The van der Waals surface area contributed by atoms with Crippen molar-refractivity contribution >= 4 is 163 Å². The van der Waals surface area contributed by atoms with E-state index in [1.165, 1.54) is 141 Å². The molecule has 0 amide bonds. The first-order valence-corrected chi connectivity index (χ1v) is 38.1. The van der Waals surface area contributed by atoms with Crippen LogP contribution in [0.2, 0.25) is 0 Å². The van der Waals surface area contributed by atoms with Gasteiger partial charge in [0.2, 0.25) is 0 Å². The molecule has 3 nitrogen and oxygen atoms in total. The van der Waals surface area contributed by atoms with Gasteiger partial charge in [0.25, 0.3) is 0 Å². The smallest absolute Gasteiger partial charge is 0.143 e. The van der Waals surface area contributed by atoms with Gasteiger partial charge in [-0.05, 0) is 196 Å². The Morgan fingerprint density at radius 2 is 0.369 bits per heavy atom. The lowest BCUT2D eigenvalue weighted by Crippen LogP contribution is -1.89. The van der Waals surface area contributed by atoms with E-state index >= 15 is 0 Å². The summed E-state index contributed by atoms with van der Waals surface area (Å²) in [4.78, 5) is 0. The minimum atomic E-state index is 0.925. The molecule has 516 valence electrons. The van der Waals surface area contributed by atoms with Crippen LogP contribution in [0.3, 0.4) is 0 Å². The maximum Gasteiger partial charge on any atom is 0.143 e. The van der Waals surface area contributed by atoms with Crippen molar-refractivity contribution < 1.29 is 13.3 Å². The predicted molar refractivity (Wildman–Crippen MR) is 471 cm³/mol. The normalized spacial score (nSPS) is 11.8. The van der Waals surface area contributed by atoms with E-state index in [0.717, 1.165) is 88.1 Å². The van der Waals surface area contributed by atoms with Crippen LogP contribution in [-0.4, -0.2) is 0 Å². The Bertz CT molecular complexity index is 7650. The number of hydrogen-bond acceptors (Lipinski definition) is 3. The third-order valence-electron chi connectivity index (χ3n) is 23.0. The van der Waals surface area contributed by atoms with Gasteiger partial charge in [0.15, 0.2) is 0 Å². The summed E-state index contributed by atoms with van der Waals surface area (Å²) < 4.78 is 19.1. The summed E-state index contributed by atoms with van der Waals surface area (Å²) >= 11 is 0. The van der Waals surface area contributed by atoms with Gasteiger partial charge in [0.1, 0.15) is 33.5 Å². The van der Waals surface area contributed by atoms with E-state index in [4.69, 9.17) is 13.3 Å². The molecule has 0 unspecified atom stereocenters. The maximum atomic E-state index is 6.41. The number of para-hydroxylation sites is 6. The Hall–Kier alpha value is -14.6. The molecule has 3 heterocycles. The minimum Gasteiger partial charge on any atom is -0.455 e. The number of benzene rings is 21. The zero-order valence-corrected chi connectivity index (χ0v) is 60.3. The lowest BCUT2D eigenvalue weighted by Gasteiger charge is -2.15. The summed E-state index contributed by atoms with van der Waals surface area (Å²) in [6.45, 7) is 0. The summed E-state index contributed by atoms with van der Waals surface area (Å²) in [5.74, 6) is 0. The lowest BCUT2D eigenvalue weighted by atomic mass is 9.88. The Labute approximate surface area is 639 Å². The van der Waals surface area contributed by atoms with Gasteiger partial charge in [-0.15, -0.1) is 0 Å². The molecular weight excluding hydrogens is 1350 g/mol. The number of fused-ring (bicyclic) bond motifs is 21. The quantitative estimate of drug-likeness (QED) is 0.156. The van der Waals surface area contributed by atoms with Crippen LogP contribution < -0.4 is 0 Å². The molecule has 3 heteroatoms. The topological polar surface area (TPSA) is 39.4 Å². The van der Waals surface area contributed by atoms with Crippen molar-refractivity contribution in [2.45, 2.75) is 0 Å². The molecule has 24 aromatic rings. The van der Waals surface area contributed by atoms with Crippen LogP contribution in [0.25, 0.3) is 230 Å². The van der Waals surface area contributed by atoms with Crippen LogP contribution >= 0.6 is 0 Å². The van der Waals surface area contributed by atoms with Crippen LogP contribution in [0.5, 0.6) is 0 Å². The molecule has 0 saturated carbocycles. The maximum absolute atomic E-state index is 6.41. The average Bonchev–Trinajstić information content (AvgIpc) is 1.66. The average molecular weight is 1410 g/mol. The van der Waals surface area contributed by atoms with Gasteiger partial charge in [0.05, 0.1) is 0 Å². The third kappa shape index (κ3) is 10.6. The molecule has 0 bridgehead atoms. The Kier molecular flexibility index (Phi) is 15.0. The van der Waals surface area contributed by atoms with Crippen LogP contribution in [0.15, 0.2) is 414 Å². The highest BCUT2D eigenvalue weighted by atomic mass is 16.3. The van der Waals surface area contributed by atoms with Gasteiger partial charge >= 0.3 is 0 Å². The fourth-order valence-electron chi connectivity index (χ4n) is 17.9. The molecule has 3 aromatic heterocycles. The van der Waals surface area contributed by atoms with Crippen LogP contribution in [0.4, 0.5) is 0 Å². The number of furan rings is 3. The van der Waals surface area contributed by atoms with E-state index in [9.17, 15) is 0 Å². The first kappa shape index (κ1) is 63.6. The van der Waals surface area contributed by atoms with Gasteiger partial charge in [-0.2, -0.15) is 0 Å². The molecule has 0 radical (unpaired) electrons. The molecule has 0 saturated heterocycles. The van der Waals surface area contributed by atoms with E-state index in [1.54, 1.807) is 0 Å². The summed E-state index contributed by atoms with van der Waals surface area (Å²) in [6.07, 6.45) is 0. The molecule has 0 aliphatic rings. The second-order valence-corrected chi connectivity index (χ2v) is 29.1. The second-order valence-electron chi connectivity index (χ2n) is 29.1. The summed E-state index contributed by atoms with van der Waals surface area (Å²) in [7, 11) is 0. The fraction of sp³-hybridized carbons (Fsp3) is 0. The minimum absolute atomic E-state index is 0.925. The van der Waals surface area contributed by atoms with Crippen molar-refractivity contribution in [3.63, 3.8) is 0 Å². The van der Waals surface area contributed by atoms with Crippen molar-refractivity contribution in [2.24, 2.45) is 0 Å². The van der Waals surface area contributed by atoms with Crippen molar-refractivity contribution in [1.82, 2.24) is 0 Å². The van der Waals surface area contributed by atoms with Crippen molar-refractivity contribution in [1.29, 1.82) is 0 Å². The van der Waals surface area contributed by atoms with Crippen LogP contribution in [0.1, 0.15) is 0 Å². The molecule has 0 fully saturated rings. The molecule has 0 aliphatic carbocycles. The molecule has 24 rings (SSSR count). The standard InChI is InChI=1S/3C36H22O/c1-2-11-24-23(10-1)22-34(28-15-6-3-12-25(24)28)30-21-20-29(26-13-4-5-14-27(26)30)32-17-9-18-33-31-16-7-8-19-35(31)37-36(32)33;1-2-11-24-23(10-1)22-34(29-13-4-3-12-25(24)29)30-18-8-15-26-27(30)16-7-17-28(26)32-19-9-20-33-31-14-5-6-21-35(31)37-36(32)33;1-2-9-28-24(8-1)22-34(31-11-4-3-10-30(28)31)26-19-17-23-16-18-25(20-27(23)21-26)29-13-7-14-33-32-12-5-6-15-35(32)37-36(29)33/h3*1-22H. The first-order chi connectivity index (χ1) is 55.1. The van der Waals surface area contributed by atoms with Gasteiger partial charge < -0.3 is 13.3 Å². The number of rotatable bonds is 6. The highest BCUT2D eigenvalue weighted by Crippen LogP contribution is 2.47. The van der Waals surface area contributed by atoms with Crippen LogP contribution in [-0.2, 0) is 0 Å². The fourth-order valence-corrected chi connectivity index (χ4v) is 17.9. The molecule has 0 spiro atoms. The molecule has 111 heavy (non-hydrogen) atoms. The summed E-state index contributed by atoms with van der Waals surface area (Å²) in [5.41, 5.74) is 20.0. The number of hydrogen-bond donors (Lipinski definition) is 0. The second kappa shape index (κ2) is 26.1. The monoisotopic (exact) mass is 1410 g/mol. The van der Waals surface area contributed by atoms with Gasteiger partial charge in [-0.25, -0.2) is 0 Å². The van der Waals surface area contributed by atoms with Gasteiger partial charge in [-0.3, -0.25) is 0 Å². The predicted octanol–water partition coefficient (Wildman–Crippen LogP) is 31.1. The zero-order valence-electron chi connectivity index (χ0n) is 60.3. The highest BCUT2D eigenvalue weighted by Gasteiger charge is 2.21. The van der Waals surface area contributed by atoms with Gasteiger partial charge in [0, 0.05) is 49.0 Å². The molecule has 0 N–H and O–H groups in total.